The molecule has 162 valence electrons. The topological polar surface area (TPSA) is 83.4 Å². The van der Waals surface area contributed by atoms with Crippen LogP contribution in [0, 0.1) is 17.1 Å². The molecular formula is C25H22FN3O3. The highest BCUT2D eigenvalue weighted by Crippen LogP contribution is 2.32. The van der Waals surface area contributed by atoms with E-state index in [0.717, 1.165) is 5.56 Å². The lowest BCUT2D eigenvalue weighted by molar-refractivity contribution is 0.0418. The Morgan fingerprint density at radius 2 is 1.72 bits per heavy atom. The van der Waals surface area contributed by atoms with Gasteiger partial charge < -0.3 is 20.1 Å². The van der Waals surface area contributed by atoms with Crippen molar-refractivity contribution < 1.29 is 18.7 Å². The van der Waals surface area contributed by atoms with Gasteiger partial charge >= 0.3 is 6.03 Å². The van der Waals surface area contributed by atoms with Gasteiger partial charge in [-0.1, -0.05) is 18.2 Å². The van der Waals surface area contributed by atoms with E-state index in [1.165, 1.54) is 12.1 Å². The van der Waals surface area contributed by atoms with Crippen LogP contribution in [0.2, 0.25) is 0 Å². The van der Waals surface area contributed by atoms with Gasteiger partial charge in [0, 0.05) is 18.9 Å². The van der Waals surface area contributed by atoms with Crippen molar-refractivity contribution >= 4 is 11.7 Å². The summed E-state index contributed by atoms with van der Waals surface area (Å²) in [6.07, 6.45) is 1.20. The number of urea groups is 1. The first-order valence-corrected chi connectivity index (χ1v) is 10.3. The van der Waals surface area contributed by atoms with Crippen LogP contribution < -0.4 is 15.4 Å². The summed E-state index contributed by atoms with van der Waals surface area (Å²) in [4.78, 5) is 12.8. The van der Waals surface area contributed by atoms with Gasteiger partial charge in [-0.05, 0) is 73.0 Å². The molecule has 2 N–H and O–H groups in total. The Labute approximate surface area is 185 Å². The van der Waals surface area contributed by atoms with E-state index >= 15 is 0 Å². The number of nitrogens with zero attached hydrogens (tertiary/aromatic N) is 1. The molecule has 7 heteroatoms. The number of nitrogens with one attached hydrogen (secondary N) is 2. The number of hydrogen-bond acceptors (Lipinski definition) is 4. The first kappa shape index (κ1) is 21.3. The molecule has 1 aliphatic rings. The molecule has 6 nitrogen and oxygen atoms in total. The van der Waals surface area contributed by atoms with E-state index < -0.39 is 5.54 Å². The van der Waals surface area contributed by atoms with Gasteiger partial charge in [0.25, 0.3) is 0 Å². The van der Waals surface area contributed by atoms with E-state index in [1.54, 1.807) is 60.7 Å². The smallest absolute Gasteiger partial charge is 0.319 e. The number of anilines is 1. The number of nitriles is 1. The van der Waals surface area contributed by atoms with Crippen LogP contribution in [-0.4, -0.2) is 19.2 Å². The maximum absolute atomic E-state index is 13.4. The summed E-state index contributed by atoms with van der Waals surface area (Å²) in [5.41, 5.74) is 1.34. The molecule has 1 saturated heterocycles. The zero-order valence-electron chi connectivity index (χ0n) is 17.3. The summed E-state index contributed by atoms with van der Waals surface area (Å²) in [6, 6.07) is 21.7. The van der Waals surface area contributed by atoms with Gasteiger partial charge in [-0.2, -0.15) is 5.26 Å². The maximum Gasteiger partial charge on any atom is 0.319 e. The molecule has 1 heterocycles. The van der Waals surface area contributed by atoms with Gasteiger partial charge in [0.2, 0.25) is 0 Å². The standard InChI is InChI=1S/C25H22FN3O3/c26-20-6-4-19(5-7-20)25(12-14-31-15-13-25)29-24(30)28-21-8-10-22(11-9-21)32-23-3-1-2-18(16-23)17-27/h1-11,16H,12-15H2,(H2,28,29,30). The minimum atomic E-state index is -0.620. The van der Waals surface area contributed by atoms with Crippen molar-refractivity contribution in [2.45, 2.75) is 18.4 Å². The minimum Gasteiger partial charge on any atom is -0.457 e. The fraction of sp³-hybridized carbons (Fsp3) is 0.200. The summed E-state index contributed by atoms with van der Waals surface area (Å²) >= 11 is 0. The van der Waals surface area contributed by atoms with E-state index in [4.69, 9.17) is 14.7 Å². The third kappa shape index (κ3) is 5.05. The van der Waals surface area contributed by atoms with E-state index in [1.807, 2.05) is 0 Å². The Bertz CT molecular complexity index is 1120. The number of amides is 2. The second-order valence-electron chi connectivity index (χ2n) is 7.55. The zero-order valence-corrected chi connectivity index (χ0v) is 17.3. The lowest BCUT2D eigenvalue weighted by atomic mass is 9.83. The van der Waals surface area contributed by atoms with Crippen LogP contribution in [0.25, 0.3) is 0 Å². The number of halogens is 1. The summed E-state index contributed by atoms with van der Waals surface area (Å²) < 4.78 is 24.6. The van der Waals surface area contributed by atoms with Gasteiger partial charge in [0.1, 0.15) is 17.3 Å². The second kappa shape index (κ2) is 9.50. The van der Waals surface area contributed by atoms with Crippen LogP contribution in [0.15, 0.2) is 72.8 Å². The minimum absolute atomic E-state index is 0.318. The van der Waals surface area contributed by atoms with Crippen molar-refractivity contribution in [2.75, 3.05) is 18.5 Å². The molecule has 1 fully saturated rings. The summed E-state index contributed by atoms with van der Waals surface area (Å²) in [6.45, 7) is 1.02. The average molecular weight is 431 g/mol. The van der Waals surface area contributed by atoms with E-state index in [-0.39, 0.29) is 11.8 Å². The normalized spacial score (nSPS) is 14.8. The molecule has 3 aromatic carbocycles. The number of rotatable bonds is 5. The lowest BCUT2D eigenvalue weighted by Crippen LogP contribution is -2.50. The van der Waals surface area contributed by atoms with Crippen LogP contribution in [0.5, 0.6) is 11.5 Å². The zero-order chi connectivity index (χ0) is 22.4. The van der Waals surface area contributed by atoms with Gasteiger partial charge in [-0.3, -0.25) is 0 Å². The number of carbonyl (C=O) groups excluding carboxylic acids is 1. The molecular weight excluding hydrogens is 409 g/mol. The van der Waals surface area contributed by atoms with Gasteiger partial charge in [-0.25, -0.2) is 9.18 Å². The molecule has 4 rings (SSSR count). The summed E-state index contributed by atoms with van der Waals surface area (Å²) in [5.74, 6) is 0.823. The van der Waals surface area contributed by atoms with Gasteiger partial charge in [0.05, 0.1) is 17.2 Å². The molecule has 2 amide bonds. The van der Waals surface area contributed by atoms with Crippen molar-refractivity contribution in [2.24, 2.45) is 0 Å². The van der Waals surface area contributed by atoms with Crippen molar-refractivity contribution in [1.29, 1.82) is 5.26 Å². The Morgan fingerprint density at radius 1 is 1.00 bits per heavy atom. The number of ether oxygens (including phenoxy) is 2. The Balaban J connectivity index is 1.42. The molecule has 0 unspecified atom stereocenters. The first-order chi connectivity index (χ1) is 15.6. The largest absolute Gasteiger partial charge is 0.457 e. The molecule has 0 aliphatic carbocycles. The SMILES string of the molecule is N#Cc1cccc(Oc2ccc(NC(=O)NC3(c4ccc(F)cc4)CCOCC3)cc2)c1. The van der Waals surface area contributed by atoms with E-state index in [9.17, 15) is 9.18 Å². The predicted molar refractivity (Wildman–Crippen MR) is 118 cm³/mol. The molecule has 32 heavy (non-hydrogen) atoms. The van der Waals surface area contributed by atoms with Crippen LogP contribution in [0.1, 0.15) is 24.0 Å². The van der Waals surface area contributed by atoms with Crippen molar-refractivity contribution in [3.8, 4) is 17.6 Å². The monoisotopic (exact) mass is 431 g/mol. The van der Waals surface area contributed by atoms with Crippen LogP contribution in [-0.2, 0) is 10.3 Å². The lowest BCUT2D eigenvalue weighted by Gasteiger charge is -2.38. The quantitative estimate of drug-likeness (QED) is 0.573. The molecule has 3 aromatic rings. The van der Waals surface area contributed by atoms with Crippen molar-refractivity contribution in [1.82, 2.24) is 5.32 Å². The third-order valence-electron chi connectivity index (χ3n) is 5.41. The number of carbonyl (C=O) groups is 1. The van der Waals surface area contributed by atoms with Crippen LogP contribution in [0.4, 0.5) is 14.9 Å². The molecule has 0 bridgehead atoms. The summed E-state index contributed by atoms with van der Waals surface area (Å²) in [7, 11) is 0. The molecule has 0 saturated carbocycles. The Morgan fingerprint density at radius 3 is 2.41 bits per heavy atom. The summed E-state index contributed by atoms with van der Waals surface area (Å²) in [5, 5.41) is 14.9. The molecule has 0 radical (unpaired) electrons. The second-order valence-corrected chi connectivity index (χ2v) is 7.55. The Hall–Kier alpha value is -3.89. The highest BCUT2D eigenvalue weighted by molar-refractivity contribution is 5.90. The molecule has 0 atom stereocenters. The Kier molecular flexibility index (Phi) is 6.34. The average Bonchev–Trinajstić information content (AvgIpc) is 2.81. The highest BCUT2D eigenvalue weighted by atomic mass is 19.1. The number of benzene rings is 3. The maximum atomic E-state index is 13.4. The van der Waals surface area contributed by atoms with Crippen molar-refractivity contribution in [3.63, 3.8) is 0 Å². The number of hydrogen-bond donors (Lipinski definition) is 2. The van der Waals surface area contributed by atoms with Gasteiger partial charge in [-0.15, -0.1) is 0 Å². The fourth-order valence-electron chi connectivity index (χ4n) is 3.73. The molecule has 1 aliphatic heterocycles. The molecule has 0 aromatic heterocycles. The van der Waals surface area contributed by atoms with E-state index in [2.05, 4.69) is 16.7 Å². The fourth-order valence-corrected chi connectivity index (χ4v) is 3.73. The van der Waals surface area contributed by atoms with Crippen molar-refractivity contribution in [3.05, 3.63) is 89.7 Å². The van der Waals surface area contributed by atoms with E-state index in [0.29, 0.717) is 48.8 Å². The van der Waals surface area contributed by atoms with Crippen LogP contribution >= 0.6 is 0 Å². The first-order valence-electron chi connectivity index (χ1n) is 10.3. The molecule has 0 spiro atoms. The predicted octanol–water partition coefficient (Wildman–Crippen LogP) is 5.32. The highest BCUT2D eigenvalue weighted by Gasteiger charge is 2.36. The van der Waals surface area contributed by atoms with Gasteiger partial charge in [0.15, 0.2) is 0 Å². The van der Waals surface area contributed by atoms with Crippen LogP contribution in [0.3, 0.4) is 0 Å². The third-order valence-corrected chi connectivity index (χ3v) is 5.41.